The van der Waals surface area contributed by atoms with E-state index in [9.17, 15) is 39.9 Å². The topological polar surface area (TPSA) is 26.3 Å². The van der Waals surface area contributed by atoms with Crippen molar-refractivity contribution in [3.05, 3.63) is 42.2 Å². The monoisotopic (exact) mass is 334 g/mol. The molecule has 0 bridgehead atoms. The standard InChI is InChI=1S/C12H6F8O2/c1-6(13)9(21)22-8-4-2-7(3-5-8)10(14,11(15,16)17)12(18,19)20/h2-5H,1H2. The van der Waals surface area contributed by atoms with Gasteiger partial charge in [0.2, 0.25) is 5.83 Å². The van der Waals surface area contributed by atoms with Crippen molar-refractivity contribution in [2.75, 3.05) is 0 Å². The maximum absolute atomic E-state index is 13.6. The minimum atomic E-state index is -6.25. The Morgan fingerprint density at radius 2 is 1.32 bits per heavy atom. The highest BCUT2D eigenvalue weighted by Crippen LogP contribution is 2.53. The molecule has 0 aliphatic heterocycles. The van der Waals surface area contributed by atoms with Gasteiger partial charge in [-0.2, -0.15) is 30.7 Å². The molecule has 0 spiro atoms. The van der Waals surface area contributed by atoms with Gasteiger partial charge in [-0.3, -0.25) is 0 Å². The molecular formula is C12H6F8O2. The second-order valence-corrected chi connectivity index (χ2v) is 3.97. The predicted molar refractivity (Wildman–Crippen MR) is 57.2 cm³/mol. The number of benzene rings is 1. The Bertz CT molecular complexity index is 556. The van der Waals surface area contributed by atoms with E-state index >= 15 is 0 Å². The van der Waals surface area contributed by atoms with Crippen molar-refractivity contribution < 1.29 is 44.7 Å². The number of esters is 1. The van der Waals surface area contributed by atoms with Gasteiger partial charge in [0, 0.05) is 5.56 Å². The summed E-state index contributed by atoms with van der Waals surface area (Å²) in [6, 6.07) is 1.18. The van der Waals surface area contributed by atoms with E-state index in [1.165, 1.54) is 0 Å². The van der Waals surface area contributed by atoms with Gasteiger partial charge in [0.05, 0.1) is 0 Å². The molecule has 0 aliphatic carbocycles. The molecule has 2 nitrogen and oxygen atoms in total. The number of carbonyl (C=O) groups is 1. The number of hydrogen-bond acceptors (Lipinski definition) is 2. The lowest BCUT2D eigenvalue weighted by atomic mass is 9.94. The van der Waals surface area contributed by atoms with Crippen LogP contribution < -0.4 is 4.74 Å². The highest BCUT2D eigenvalue weighted by molar-refractivity contribution is 5.87. The smallest absolute Gasteiger partial charge is 0.421 e. The Morgan fingerprint density at radius 3 is 1.64 bits per heavy atom. The maximum atomic E-state index is 13.6. The van der Waals surface area contributed by atoms with Crippen LogP contribution in [0.25, 0.3) is 0 Å². The van der Waals surface area contributed by atoms with Crippen LogP contribution in [-0.4, -0.2) is 18.3 Å². The molecule has 0 radical (unpaired) electrons. The molecule has 1 aromatic carbocycles. The first kappa shape index (κ1) is 17.9. The molecule has 22 heavy (non-hydrogen) atoms. The first-order chi connectivity index (χ1) is 9.80. The maximum Gasteiger partial charge on any atom is 0.435 e. The van der Waals surface area contributed by atoms with Gasteiger partial charge in [-0.15, -0.1) is 0 Å². The van der Waals surface area contributed by atoms with Crippen LogP contribution in [0.4, 0.5) is 35.1 Å². The molecule has 0 atom stereocenters. The van der Waals surface area contributed by atoms with Gasteiger partial charge in [-0.05, 0) is 12.1 Å². The summed E-state index contributed by atoms with van der Waals surface area (Å²) < 4.78 is 105. The highest BCUT2D eigenvalue weighted by atomic mass is 19.4. The van der Waals surface area contributed by atoms with Gasteiger partial charge in [-0.25, -0.2) is 9.18 Å². The van der Waals surface area contributed by atoms with Crippen LogP contribution in [0.2, 0.25) is 0 Å². The molecule has 0 N–H and O–H groups in total. The van der Waals surface area contributed by atoms with Gasteiger partial charge in [0.1, 0.15) is 5.75 Å². The van der Waals surface area contributed by atoms with Crippen molar-refractivity contribution in [1.82, 2.24) is 0 Å². The lowest BCUT2D eigenvalue weighted by Gasteiger charge is -2.30. The molecule has 0 saturated heterocycles. The van der Waals surface area contributed by atoms with E-state index in [1.807, 2.05) is 0 Å². The van der Waals surface area contributed by atoms with Crippen LogP contribution in [0.15, 0.2) is 36.7 Å². The van der Waals surface area contributed by atoms with E-state index < -0.39 is 41.1 Å². The molecule has 10 heteroatoms. The van der Waals surface area contributed by atoms with Crippen molar-refractivity contribution >= 4 is 5.97 Å². The molecule has 1 rings (SSSR count). The average Bonchev–Trinajstić information content (AvgIpc) is 2.35. The van der Waals surface area contributed by atoms with E-state index in [0.29, 0.717) is 12.1 Å². The number of alkyl halides is 7. The average molecular weight is 334 g/mol. The lowest BCUT2D eigenvalue weighted by Crippen LogP contribution is -2.50. The molecule has 1 aromatic rings. The summed E-state index contributed by atoms with van der Waals surface area (Å²) in [6.45, 7) is 2.57. The quantitative estimate of drug-likeness (QED) is 0.355. The van der Waals surface area contributed by atoms with E-state index in [1.54, 1.807) is 0 Å². The number of ether oxygens (including phenoxy) is 1. The Morgan fingerprint density at radius 1 is 0.909 bits per heavy atom. The van der Waals surface area contributed by atoms with Crippen LogP contribution in [0.3, 0.4) is 0 Å². The lowest BCUT2D eigenvalue weighted by molar-refractivity contribution is -0.348. The van der Waals surface area contributed by atoms with Crippen molar-refractivity contribution in [2.24, 2.45) is 0 Å². The van der Waals surface area contributed by atoms with E-state index in [0.717, 1.165) is 0 Å². The molecule has 0 saturated carbocycles. The summed E-state index contributed by atoms with van der Waals surface area (Å²) in [5.74, 6) is -3.71. The van der Waals surface area contributed by atoms with Gasteiger partial charge < -0.3 is 4.74 Å². The zero-order valence-corrected chi connectivity index (χ0v) is 10.4. The van der Waals surface area contributed by atoms with Crippen molar-refractivity contribution in [1.29, 1.82) is 0 Å². The molecule has 0 aromatic heterocycles. The van der Waals surface area contributed by atoms with E-state index in [4.69, 9.17) is 0 Å². The fourth-order valence-electron chi connectivity index (χ4n) is 1.40. The van der Waals surface area contributed by atoms with Crippen LogP contribution in [0, 0.1) is 0 Å². The Balaban J connectivity index is 3.21. The number of rotatable bonds is 3. The summed E-state index contributed by atoms with van der Waals surface area (Å²) in [5, 5.41) is 0. The van der Waals surface area contributed by atoms with Gasteiger partial charge in [0.15, 0.2) is 0 Å². The number of carbonyl (C=O) groups excluding carboxylic acids is 1. The van der Waals surface area contributed by atoms with Crippen LogP contribution in [-0.2, 0) is 10.5 Å². The van der Waals surface area contributed by atoms with Crippen LogP contribution >= 0.6 is 0 Å². The molecular weight excluding hydrogens is 328 g/mol. The largest absolute Gasteiger partial charge is 0.435 e. The van der Waals surface area contributed by atoms with Gasteiger partial charge in [0.25, 0.3) is 0 Å². The molecule has 0 fully saturated rings. The van der Waals surface area contributed by atoms with Gasteiger partial charge in [-0.1, -0.05) is 18.7 Å². The zero-order chi connectivity index (χ0) is 17.3. The Labute approximate surface area is 118 Å². The highest BCUT2D eigenvalue weighted by Gasteiger charge is 2.73. The zero-order valence-electron chi connectivity index (χ0n) is 10.4. The third-order valence-electron chi connectivity index (χ3n) is 2.47. The van der Waals surface area contributed by atoms with Crippen molar-refractivity contribution in [3.8, 4) is 5.75 Å². The second-order valence-electron chi connectivity index (χ2n) is 3.97. The number of halogens is 8. The SMILES string of the molecule is C=C(F)C(=O)Oc1ccc(C(F)(C(F)(F)F)C(F)(F)F)cc1. The molecule has 0 heterocycles. The summed E-state index contributed by atoms with van der Waals surface area (Å²) >= 11 is 0. The van der Waals surface area contributed by atoms with Crippen molar-refractivity contribution in [2.45, 2.75) is 18.0 Å². The Hall–Kier alpha value is -2.13. The molecule has 0 aliphatic rings. The number of hydrogen-bond donors (Lipinski definition) is 0. The van der Waals surface area contributed by atoms with E-state index in [-0.39, 0.29) is 12.1 Å². The third-order valence-corrected chi connectivity index (χ3v) is 2.47. The molecule has 0 unspecified atom stereocenters. The van der Waals surface area contributed by atoms with Crippen LogP contribution in [0.5, 0.6) is 5.75 Å². The fraction of sp³-hybridized carbons (Fsp3) is 0.250. The summed E-state index contributed by atoms with van der Waals surface area (Å²) in [7, 11) is 0. The molecule has 0 amide bonds. The van der Waals surface area contributed by atoms with Crippen molar-refractivity contribution in [3.63, 3.8) is 0 Å². The van der Waals surface area contributed by atoms with Crippen LogP contribution in [0.1, 0.15) is 5.56 Å². The fourth-order valence-corrected chi connectivity index (χ4v) is 1.40. The predicted octanol–water partition coefficient (Wildman–Crippen LogP) is 4.36. The first-order valence-electron chi connectivity index (χ1n) is 5.30. The molecule has 122 valence electrons. The summed E-state index contributed by atoms with van der Waals surface area (Å²) in [4.78, 5) is 10.8. The minimum Gasteiger partial charge on any atom is -0.421 e. The Kier molecular flexibility index (Phi) is 4.54. The minimum absolute atomic E-state index is 0.130. The summed E-state index contributed by atoms with van der Waals surface area (Å²) in [5.41, 5.74) is -7.35. The van der Waals surface area contributed by atoms with E-state index in [2.05, 4.69) is 11.3 Å². The third kappa shape index (κ3) is 3.20. The summed E-state index contributed by atoms with van der Waals surface area (Å²) in [6.07, 6.45) is -12.5. The van der Waals surface area contributed by atoms with Gasteiger partial charge >= 0.3 is 24.0 Å². The first-order valence-corrected chi connectivity index (χ1v) is 5.30. The normalized spacial score (nSPS) is 12.9. The second kappa shape index (κ2) is 5.58.